The molecule has 0 aromatic heterocycles. The van der Waals surface area contributed by atoms with Crippen molar-refractivity contribution in [1.82, 2.24) is 0 Å². The Morgan fingerprint density at radius 2 is 1.44 bits per heavy atom. The van der Waals surface area contributed by atoms with Gasteiger partial charge in [-0.05, 0) is 36.1 Å². The molecule has 1 nitrogen and oxygen atoms in total. The van der Waals surface area contributed by atoms with E-state index in [-0.39, 0.29) is 11.4 Å². The minimum atomic E-state index is -0.245. The molecule has 1 aliphatic rings. The van der Waals surface area contributed by atoms with E-state index in [1.54, 1.807) is 11.8 Å². The number of rotatable bonds is 2. The van der Waals surface area contributed by atoms with Crippen molar-refractivity contribution in [3.8, 4) is 0 Å². The molecule has 2 heteroatoms. The first-order chi connectivity index (χ1) is 8.83. The van der Waals surface area contributed by atoms with Gasteiger partial charge in [0.2, 0.25) is 0 Å². The molecule has 0 saturated carbocycles. The first-order valence-electron chi connectivity index (χ1n) is 6.29. The van der Waals surface area contributed by atoms with E-state index >= 15 is 0 Å². The van der Waals surface area contributed by atoms with Crippen molar-refractivity contribution in [2.24, 2.45) is 0 Å². The lowest BCUT2D eigenvalue weighted by atomic mass is 9.89. The summed E-state index contributed by atoms with van der Waals surface area (Å²) in [6, 6.07) is 18.8. The SMILES string of the molecule is O[C@H]1Cc2ccccc2C[C@@H]1Sc1ccccc1. The first-order valence-corrected chi connectivity index (χ1v) is 7.17. The van der Waals surface area contributed by atoms with Crippen LogP contribution < -0.4 is 0 Å². The predicted octanol–water partition coefficient (Wildman–Crippen LogP) is 3.31. The number of benzene rings is 2. The Bertz CT molecular complexity index is 524. The fourth-order valence-electron chi connectivity index (χ4n) is 2.46. The molecule has 0 unspecified atom stereocenters. The van der Waals surface area contributed by atoms with Crippen molar-refractivity contribution in [3.05, 3.63) is 65.7 Å². The van der Waals surface area contributed by atoms with Crippen LogP contribution in [0.15, 0.2) is 59.5 Å². The summed E-state index contributed by atoms with van der Waals surface area (Å²) in [5, 5.41) is 10.5. The molecule has 2 aromatic carbocycles. The second-order valence-corrected chi connectivity index (χ2v) is 6.03. The van der Waals surface area contributed by atoms with Crippen LogP contribution in [0.1, 0.15) is 11.1 Å². The molecule has 0 fully saturated rings. The second-order valence-electron chi connectivity index (χ2n) is 4.71. The molecule has 0 amide bonds. The molecule has 0 aliphatic heterocycles. The summed E-state index contributed by atoms with van der Waals surface area (Å²) in [6.07, 6.45) is 1.49. The summed E-state index contributed by atoms with van der Waals surface area (Å²) < 4.78 is 0. The van der Waals surface area contributed by atoms with Gasteiger partial charge in [-0.1, -0.05) is 42.5 Å². The van der Waals surface area contributed by atoms with Gasteiger partial charge in [-0.3, -0.25) is 0 Å². The number of aliphatic hydroxyl groups excluding tert-OH is 1. The Labute approximate surface area is 112 Å². The highest BCUT2D eigenvalue weighted by Gasteiger charge is 2.27. The number of fused-ring (bicyclic) bond motifs is 1. The number of thioether (sulfide) groups is 1. The second kappa shape index (κ2) is 5.17. The maximum atomic E-state index is 10.3. The lowest BCUT2D eigenvalue weighted by Crippen LogP contribution is -2.32. The Kier molecular flexibility index (Phi) is 3.39. The quantitative estimate of drug-likeness (QED) is 0.889. The van der Waals surface area contributed by atoms with Crippen molar-refractivity contribution in [3.63, 3.8) is 0 Å². The molecule has 2 aromatic rings. The lowest BCUT2D eigenvalue weighted by Gasteiger charge is -2.29. The molecule has 0 spiro atoms. The summed E-state index contributed by atoms with van der Waals surface area (Å²) >= 11 is 1.79. The smallest absolute Gasteiger partial charge is 0.0705 e. The largest absolute Gasteiger partial charge is 0.392 e. The maximum absolute atomic E-state index is 10.3. The highest BCUT2D eigenvalue weighted by Crippen LogP contribution is 2.33. The van der Waals surface area contributed by atoms with E-state index in [4.69, 9.17) is 0 Å². The number of hydrogen-bond donors (Lipinski definition) is 1. The van der Waals surface area contributed by atoms with E-state index < -0.39 is 0 Å². The summed E-state index contributed by atoms with van der Waals surface area (Å²) in [5.41, 5.74) is 2.69. The predicted molar refractivity (Wildman–Crippen MR) is 75.9 cm³/mol. The molecular formula is C16H16OS. The van der Waals surface area contributed by atoms with Gasteiger partial charge >= 0.3 is 0 Å². The lowest BCUT2D eigenvalue weighted by molar-refractivity contribution is 0.165. The van der Waals surface area contributed by atoms with Crippen LogP contribution in [0.2, 0.25) is 0 Å². The fraction of sp³-hybridized carbons (Fsp3) is 0.250. The summed E-state index contributed by atoms with van der Waals surface area (Å²) in [7, 11) is 0. The van der Waals surface area contributed by atoms with Crippen molar-refractivity contribution in [2.75, 3.05) is 0 Å². The van der Waals surface area contributed by atoms with E-state index in [2.05, 4.69) is 36.4 Å². The van der Waals surface area contributed by atoms with E-state index in [9.17, 15) is 5.11 Å². The summed E-state index contributed by atoms with van der Waals surface area (Å²) in [5.74, 6) is 0. The van der Waals surface area contributed by atoms with Gasteiger partial charge in [-0.15, -0.1) is 11.8 Å². The zero-order valence-electron chi connectivity index (χ0n) is 10.1. The topological polar surface area (TPSA) is 20.2 Å². The van der Waals surface area contributed by atoms with Gasteiger partial charge in [0, 0.05) is 10.1 Å². The zero-order valence-corrected chi connectivity index (χ0v) is 10.9. The van der Waals surface area contributed by atoms with Crippen LogP contribution in [-0.4, -0.2) is 16.5 Å². The first kappa shape index (κ1) is 11.8. The van der Waals surface area contributed by atoms with Gasteiger partial charge in [-0.2, -0.15) is 0 Å². The molecular weight excluding hydrogens is 240 g/mol. The molecule has 1 N–H and O–H groups in total. The third-order valence-corrected chi connectivity index (χ3v) is 4.76. The van der Waals surface area contributed by atoms with Gasteiger partial charge in [0.15, 0.2) is 0 Å². The molecule has 1 aliphatic carbocycles. The minimum Gasteiger partial charge on any atom is -0.392 e. The van der Waals surface area contributed by atoms with Crippen LogP contribution in [0.25, 0.3) is 0 Å². The highest BCUT2D eigenvalue weighted by atomic mass is 32.2. The third kappa shape index (κ3) is 2.45. The zero-order chi connectivity index (χ0) is 12.4. The summed E-state index contributed by atoms with van der Waals surface area (Å²) in [4.78, 5) is 1.24. The van der Waals surface area contributed by atoms with Crippen molar-refractivity contribution in [1.29, 1.82) is 0 Å². The third-order valence-electron chi connectivity index (χ3n) is 3.43. The summed E-state index contributed by atoms with van der Waals surface area (Å²) in [6.45, 7) is 0. The monoisotopic (exact) mass is 256 g/mol. The molecule has 2 atom stereocenters. The van der Waals surface area contributed by atoms with Crippen LogP contribution in [0.3, 0.4) is 0 Å². The van der Waals surface area contributed by atoms with Crippen LogP contribution in [-0.2, 0) is 12.8 Å². The average molecular weight is 256 g/mol. The molecule has 18 heavy (non-hydrogen) atoms. The van der Waals surface area contributed by atoms with E-state index in [1.807, 2.05) is 18.2 Å². The van der Waals surface area contributed by atoms with Gasteiger partial charge < -0.3 is 5.11 Å². The normalized spacial score (nSPS) is 22.5. The average Bonchev–Trinajstić information content (AvgIpc) is 2.41. The Hall–Kier alpha value is -1.25. The van der Waals surface area contributed by atoms with E-state index in [1.165, 1.54) is 16.0 Å². The van der Waals surface area contributed by atoms with Gasteiger partial charge in [0.25, 0.3) is 0 Å². The Morgan fingerprint density at radius 3 is 2.17 bits per heavy atom. The molecule has 0 saturated heterocycles. The van der Waals surface area contributed by atoms with Gasteiger partial charge in [0.1, 0.15) is 0 Å². The molecule has 0 heterocycles. The maximum Gasteiger partial charge on any atom is 0.0705 e. The van der Waals surface area contributed by atoms with Crippen molar-refractivity contribution in [2.45, 2.75) is 29.1 Å². The fourth-order valence-corrected chi connectivity index (χ4v) is 3.64. The van der Waals surface area contributed by atoms with Crippen LogP contribution in [0, 0.1) is 0 Å². The molecule has 0 bridgehead atoms. The van der Waals surface area contributed by atoms with E-state index in [0.29, 0.717) is 0 Å². The Morgan fingerprint density at radius 1 is 0.833 bits per heavy atom. The Balaban J connectivity index is 1.79. The van der Waals surface area contributed by atoms with Crippen molar-refractivity contribution < 1.29 is 5.11 Å². The van der Waals surface area contributed by atoms with E-state index in [0.717, 1.165) is 12.8 Å². The highest BCUT2D eigenvalue weighted by molar-refractivity contribution is 8.00. The number of hydrogen-bond acceptors (Lipinski definition) is 2. The number of aliphatic hydroxyl groups is 1. The van der Waals surface area contributed by atoms with Crippen LogP contribution >= 0.6 is 11.8 Å². The van der Waals surface area contributed by atoms with Gasteiger partial charge in [0.05, 0.1) is 6.10 Å². The standard InChI is InChI=1S/C16H16OS/c17-15-10-12-6-4-5-7-13(12)11-16(15)18-14-8-2-1-3-9-14/h1-9,15-17H,10-11H2/t15-,16-/m0/s1. The van der Waals surface area contributed by atoms with Crippen molar-refractivity contribution >= 4 is 11.8 Å². The van der Waals surface area contributed by atoms with Crippen LogP contribution in [0.5, 0.6) is 0 Å². The minimum absolute atomic E-state index is 0.245. The molecule has 3 rings (SSSR count). The molecule has 92 valence electrons. The van der Waals surface area contributed by atoms with Gasteiger partial charge in [-0.25, -0.2) is 0 Å². The molecule has 0 radical (unpaired) electrons. The van der Waals surface area contributed by atoms with Crippen LogP contribution in [0.4, 0.5) is 0 Å².